The van der Waals surface area contributed by atoms with Crippen LogP contribution in [0.4, 0.5) is 5.69 Å². The lowest BCUT2D eigenvalue weighted by atomic mass is 10.0. The highest BCUT2D eigenvalue weighted by molar-refractivity contribution is 7.92. The third kappa shape index (κ3) is 5.44. The number of rotatable bonds is 9. The first kappa shape index (κ1) is 22.4. The molecule has 3 rings (SSSR count). The lowest BCUT2D eigenvalue weighted by molar-refractivity contribution is -0.120. The SMILES string of the molecule is CC[C@H](NC(=O)CN(c1ccc(OC)cc1)S(=O)(=O)c1ccccc1)c1ccccc1. The second kappa shape index (κ2) is 10.1. The monoisotopic (exact) mass is 438 g/mol. The number of sulfonamides is 1. The molecule has 0 bridgehead atoms. The van der Waals surface area contributed by atoms with Gasteiger partial charge in [0.15, 0.2) is 0 Å². The molecule has 0 unspecified atom stereocenters. The summed E-state index contributed by atoms with van der Waals surface area (Å²) in [5, 5.41) is 2.96. The average Bonchev–Trinajstić information content (AvgIpc) is 2.82. The van der Waals surface area contributed by atoms with Crippen molar-refractivity contribution in [3.63, 3.8) is 0 Å². The predicted molar refractivity (Wildman–Crippen MR) is 122 cm³/mol. The molecule has 3 aromatic carbocycles. The molecular weight excluding hydrogens is 412 g/mol. The minimum Gasteiger partial charge on any atom is -0.497 e. The van der Waals surface area contributed by atoms with Gasteiger partial charge >= 0.3 is 0 Å². The number of carbonyl (C=O) groups excluding carboxylic acids is 1. The van der Waals surface area contributed by atoms with Gasteiger partial charge in [-0.1, -0.05) is 55.5 Å². The summed E-state index contributed by atoms with van der Waals surface area (Å²) < 4.78 is 33.0. The Labute approximate surface area is 183 Å². The Balaban J connectivity index is 1.90. The van der Waals surface area contributed by atoms with Gasteiger partial charge in [0, 0.05) is 0 Å². The molecule has 0 saturated carbocycles. The van der Waals surface area contributed by atoms with Crippen molar-refractivity contribution >= 4 is 21.6 Å². The van der Waals surface area contributed by atoms with Crippen molar-refractivity contribution in [1.82, 2.24) is 5.32 Å². The Morgan fingerprint density at radius 3 is 2.06 bits per heavy atom. The molecule has 1 amide bonds. The van der Waals surface area contributed by atoms with E-state index in [1.807, 2.05) is 37.3 Å². The van der Waals surface area contributed by atoms with Crippen LogP contribution in [0.25, 0.3) is 0 Å². The fourth-order valence-electron chi connectivity index (χ4n) is 3.26. The molecule has 0 aliphatic carbocycles. The van der Waals surface area contributed by atoms with E-state index in [2.05, 4.69) is 5.32 Å². The smallest absolute Gasteiger partial charge is 0.264 e. The summed E-state index contributed by atoms with van der Waals surface area (Å²) in [6.45, 7) is 1.63. The normalized spacial score (nSPS) is 12.1. The first-order chi connectivity index (χ1) is 15.0. The largest absolute Gasteiger partial charge is 0.497 e. The molecule has 0 fully saturated rings. The number of ether oxygens (including phenoxy) is 1. The third-order valence-corrected chi connectivity index (χ3v) is 6.71. The second-order valence-electron chi connectivity index (χ2n) is 6.96. The van der Waals surface area contributed by atoms with Gasteiger partial charge in [0.25, 0.3) is 10.0 Å². The van der Waals surface area contributed by atoms with E-state index in [1.54, 1.807) is 42.5 Å². The Kier molecular flexibility index (Phi) is 7.31. The number of amides is 1. The van der Waals surface area contributed by atoms with Gasteiger partial charge in [-0.2, -0.15) is 0 Å². The zero-order chi connectivity index (χ0) is 22.3. The van der Waals surface area contributed by atoms with Gasteiger partial charge in [-0.3, -0.25) is 9.10 Å². The van der Waals surface area contributed by atoms with Gasteiger partial charge in [-0.15, -0.1) is 0 Å². The number of carbonyl (C=O) groups is 1. The maximum atomic E-state index is 13.4. The number of anilines is 1. The molecule has 0 saturated heterocycles. The summed E-state index contributed by atoms with van der Waals surface area (Å²) in [5.74, 6) is 0.214. The van der Waals surface area contributed by atoms with Crippen LogP contribution in [0.15, 0.2) is 89.8 Å². The Bertz CT molecular complexity index is 1090. The zero-order valence-electron chi connectivity index (χ0n) is 17.6. The average molecular weight is 439 g/mol. The molecule has 0 radical (unpaired) electrons. The molecule has 31 heavy (non-hydrogen) atoms. The van der Waals surface area contributed by atoms with E-state index < -0.39 is 10.0 Å². The molecule has 0 spiro atoms. The fraction of sp³-hybridized carbons (Fsp3) is 0.208. The van der Waals surface area contributed by atoms with Crippen molar-refractivity contribution in [2.75, 3.05) is 18.0 Å². The van der Waals surface area contributed by atoms with E-state index in [0.29, 0.717) is 17.9 Å². The molecule has 0 heterocycles. The van der Waals surface area contributed by atoms with Crippen molar-refractivity contribution in [2.24, 2.45) is 0 Å². The lowest BCUT2D eigenvalue weighted by Gasteiger charge is -2.26. The number of hydrogen-bond acceptors (Lipinski definition) is 4. The summed E-state index contributed by atoms with van der Waals surface area (Å²) in [6.07, 6.45) is 0.684. The summed E-state index contributed by atoms with van der Waals surface area (Å²) in [4.78, 5) is 13.0. The van der Waals surface area contributed by atoms with E-state index in [-0.39, 0.29) is 23.4 Å². The summed E-state index contributed by atoms with van der Waals surface area (Å²) in [5.41, 5.74) is 1.35. The van der Waals surface area contributed by atoms with Crippen LogP contribution in [0, 0.1) is 0 Å². The van der Waals surface area contributed by atoms with Crippen LogP contribution in [0.3, 0.4) is 0 Å². The second-order valence-corrected chi connectivity index (χ2v) is 8.82. The first-order valence-electron chi connectivity index (χ1n) is 10.0. The number of hydrogen-bond donors (Lipinski definition) is 1. The van der Waals surface area contributed by atoms with Gasteiger partial charge < -0.3 is 10.1 Å². The summed E-state index contributed by atoms with van der Waals surface area (Å²) in [6, 6.07) is 24.1. The van der Waals surface area contributed by atoms with Crippen LogP contribution < -0.4 is 14.4 Å². The molecular formula is C24H26N2O4S. The lowest BCUT2D eigenvalue weighted by Crippen LogP contribution is -2.42. The van der Waals surface area contributed by atoms with Gasteiger partial charge in [-0.05, 0) is 48.4 Å². The number of nitrogens with one attached hydrogen (secondary N) is 1. The highest BCUT2D eigenvalue weighted by atomic mass is 32.2. The van der Waals surface area contributed by atoms with Crippen LogP contribution in [0.2, 0.25) is 0 Å². The maximum absolute atomic E-state index is 13.4. The third-order valence-electron chi connectivity index (χ3n) is 4.92. The number of benzene rings is 3. The Morgan fingerprint density at radius 1 is 0.935 bits per heavy atom. The van der Waals surface area contributed by atoms with Crippen molar-refractivity contribution in [3.05, 3.63) is 90.5 Å². The van der Waals surface area contributed by atoms with E-state index >= 15 is 0 Å². The van der Waals surface area contributed by atoms with E-state index in [1.165, 1.54) is 19.2 Å². The van der Waals surface area contributed by atoms with E-state index in [0.717, 1.165) is 9.87 Å². The highest BCUT2D eigenvalue weighted by Gasteiger charge is 2.28. The molecule has 0 aromatic heterocycles. The minimum atomic E-state index is -3.94. The standard InChI is InChI=1S/C24H26N2O4S/c1-3-23(19-10-6-4-7-11-19)25-24(27)18-26(20-14-16-21(30-2)17-15-20)31(28,29)22-12-8-5-9-13-22/h4-17,23H,3,18H2,1-2H3,(H,25,27)/t23-/m0/s1. The van der Waals surface area contributed by atoms with Crippen LogP contribution in [-0.2, 0) is 14.8 Å². The van der Waals surface area contributed by atoms with E-state index in [9.17, 15) is 13.2 Å². The highest BCUT2D eigenvalue weighted by Crippen LogP contribution is 2.26. The molecule has 0 aliphatic heterocycles. The quantitative estimate of drug-likeness (QED) is 0.544. The van der Waals surface area contributed by atoms with Crippen LogP contribution in [-0.4, -0.2) is 28.0 Å². The molecule has 6 nitrogen and oxygen atoms in total. The van der Waals surface area contributed by atoms with Crippen molar-refractivity contribution in [3.8, 4) is 5.75 Å². The molecule has 1 atom stereocenters. The van der Waals surface area contributed by atoms with Crippen LogP contribution in [0.1, 0.15) is 24.9 Å². The predicted octanol–water partition coefficient (Wildman–Crippen LogP) is 4.16. The molecule has 7 heteroatoms. The maximum Gasteiger partial charge on any atom is 0.264 e. The van der Waals surface area contributed by atoms with Crippen molar-refractivity contribution in [1.29, 1.82) is 0 Å². The number of nitrogens with zero attached hydrogens (tertiary/aromatic N) is 1. The van der Waals surface area contributed by atoms with Gasteiger partial charge in [-0.25, -0.2) is 8.42 Å². The van der Waals surface area contributed by atoms with Crippen molar-refractivity contribution in [2.45, 2.75) is 24.3 Å². The molecule has 3 aromatic rings. The summed E-state index contributed by atoms with van der Waals surface area (Å²) in [7, 11) is -2.41. The van der Waals surface area contributed by atoms with Gasteiger partial charge in [0.2, 0.25) is 5.91 Å². The zero-order valence-corrected chi connectivity index (χ0v) is 18.4. The Morgan fingerprint density at radius 2 is 1.52 bits per heavy atom. The van der Waals surface area contributed by atoms with Crippen molar-refractivity contribution < 1.29 is 17.9 Å². The molecule has 0 aliphatic rings. The minimum absolute atomic E-state index is 0.119. The number of methoxy groups -OCH3 is 1. The fourth-order valence-corrected chi connectivity index (χ4v) is 4.70. The first-order valence-corrected chi connectivity index (χ1v) is 11.5. The van der Waals surface area contributed by atoms with E-state index in [4.69, 9.17) is 4.74 Å². The molecule has 162 valence electrons. The van der Waals surface area contributed by atoms with Crippen LogP contribution >= 0.6 is 0 Å². The Hall–Kier alpha value is -3.32. The molecule has 1 N–H and O–H groups in total. The van der Waals surface area contributed by atoms with Gasteiger partial charge in [0.05, 0.1) is 23.7 Å². The summed E-state index contributed by atoms with van der Waals surface area (Å²) >= 11 is 0. The van der Waals surface area contributed by atoms with Crippen LogP contribution in [0.5, 0.6) is 5.75 Å². The van der Waals surface area contributed by atoms with Gasteiger partial charge in [0.1, 0.15) is 12.3 Å². The topological polar surface area (TPSA) is 75.7 Å².